The van der Waals surface area contributed by atoms with Crippen molar-refractivity contribution in [2.45, 2.75) is 38.9 Å². The first-order chi connectivity index (χ1) is 22.7. The third-order valence-corrected chi connectivity index (χ3v) is 7.80. The molecule has 2 aromatic heterocycles. The average molecular weight is 719 g/mol. The number of ether oxygens (including phenoxy) is 2. The lowest BCUT2D eigenvalue weighted by molar-refractivity contribution is 0.00578. The van der Waals surface area contributed by atoms with Crippen LogP contribution in [0, 0.1) is 34.3 Å². The van der Waals surface area contributed by atoms with Crippen molar-refractivity contribution >= 4 is 40.4 Å². The zero-order valence-electron chi connectivity index (χ0n) is 26.9. The van der Waals surface area contributed by atoms with Gasteiger partial charge in [-0.05, 0) is 85.5 Å². The Morgan fingerprint density at radius 1 is 0.771 bits per heavy atom. The van der Waals surface area contributed by atoms with Gasteiger partial charge in [0.05, 0.1) is 77.9 Å². The largest absolute Gasteiger partial charge is 0.494 e. The Morgan fingerprint density at radius 2 is 1.21 bits per heavy atom. The molecule has 10 nitrogen and oxygen atoms in total. The first-order valence-corrected chi connectivity index (χ1v) is 14.9. The van der Waals surface area contributed by atoms with Crippen LogP contribution < -0.4 is 5.46 Å². The van der Waals surface area contributed by atoms with Crippen LogP contribution in [0.1, 0.15) is 59.5 Å². The zero-order valence-corrected chi connectivity index (χ0v) is 28.5. The van der Waals surface area contributed by atoms with Crippen molar-refractivity contribution in [1.82, 2.24) is 9.97 Å². The third kappa shape index (κ3) is 9.29. The van der Waals surface area contributed by atoms with Crippen LogP contribution in [0.25, 0.3) is 11.3 Å². The van der Waals surface area contributed by atoms with E-state index >= 15 is 0 Å². The summed E-state index contributed by atoms with van der Waals surface area (Å²) in [7, 11) is 2.02. The van der Waals surface area contributed by atoms with E-state index in [4.69, 9.17) is 19.8 Å². The van der Waals surface area contributed by atoms with Gasteiger partial charge in [0.2, 0.25) is 0 Å². The van der Waals surface area contributed by atoms with E-state index in [0.717, 1.165) is 17.9 Å². The summed E-state index contributed by atoms with van der Waals surface area (Å²) in [5.74, 6) is -2.89. The summed E-state index contributed by atoms with van der Waals surface area (Å²) in [6.45, 7) is 8.10. The second-order valence-electron chi connectivity index (χ2n) is 11.0. The van der Waals surface area contributed by atoms with E-state index in [9.17, 15) is 18.4 Å². The second-order valence-corrected chi connectivity index (χ2v) is 11.8. The summed E-state index contributed by atoms with van der Waals surface area (Å²) in [4.78, 5) is 29.8. The highest BCUT2D eigenvalue weighted by molar-refractivity contribution is 9.10. The van der Waals surface area contributed by atoms with Gasteiger partial charge in [-0.3, -0.25) is 4.98 Å². The number of nitrogens with zero attached hydrogens (tertiary/aromatic N) is 4. The van der Waals surface area contributed by atoms with Crippen molar-refractivity contribution in [2.75, 3.05) is 14.2 Å². The number of aromatic nitrogens is 2. The number of hydrogen-bond acceptors (Lipinski definition) is 10. The molecule has 0 amide bonds. The Bertz CT molecular complexity index is 1840. The molecule has 0 radical (unpaired) electrons. The molecule has 0 spiro atoms. The number of carbonyl (C=O) groups is 2. The van der Waals surface area contributed by atoms with Crippen LogP contribution in [0.3, 0.4) is 0 Å². The molecule has 2 aromatic carbocycles. The zero-order chi connectivity index (χ0) is 35.6. The van der Waals surface area contributed by atoms with Crippen molar-refractivity contribution in [3.63, 3.8) is 0 Å². The molecule has 48 heavy (non-hydrogen) atoms. The van der Waals surface area contributed by atoms with Gasteiger partial charge in [0.1, 0.15) is 4.60 Å². The minimum atomic E-state index is -0.755. The second kappa shape index (κ2) is 16.2. The molecule has 1 aliphatic heterocycles. The molecule has 246 valence electrons. The molecular weight excluding hydrogens is 689 g/mol. The molecule has 5 rings (SSSR count). The third-order valence-electron chi connectivity index (χ3n) is 7.36. The van der Waals surface area contributed by atoms with E-state index in [0.29, 0.717) is 27.0 Å². The molecule has 0 atom stereocenters. The molecule has 0 saturated carbocycles. The van der Waals surface area contributed by atoms with E-state index in [-0.39, 0.29) is 29.4 Å². The minimum absolute atomic E-state index is 0.126. The highest BCUT2D eigenvalue weighted by Gasteiger charge is 2.51. The molecule has 1 aliphatic rings. The van der Waals surface area contributed by atoms with Crippen LogP contribution in [0.2, 0.25) is 0 Å². The first-order valence-electron chi connectivity index (χ1n) is 14.2. The lowest BCUT2D eigenvalue weighted by Gasteiger charge is -2.32. The maximum atomic E-state index is 13.4. The summed E-state index contributed by atoms with van der Waals surface area (Å²) < 4.78 is 47.3. The Morgan fingerprint density at radius 3 is 1.67 bits per heavy atom. The molecule has 1 saturated heterocycles. The average Bonchev–Trinajstić information content (AvgIpc) is 3.31. The molecule has 1 fully saturated rings. The predicted molar refractivity (Wildman–Crippen MR) is 176 cm³/mol. The number of pyridine rings is 2. The van der Waals surface area contributed by atoms with Gasteiger partial charge in [-0.25, -0.2) is 23.4 Å². The fourth-order valence-corrected chi connectivity index (χ4v) is 4.28. The van der Waals surface area contributed by atoms with Gasteiger partial charge < -0.3 is 18.8 Å². The predicted octanol–water partition coefficient (Wildman–Crippen LogP) is 6.17. The van der Waals surface area contributed by atoms with Crippen LogP contribution in [0.4, 0.5) is 8.78 Å². The molecule has 0 unspecified atom stereocenters. The molecule has 0 bridgehead atoms. The van der Waals surface area contributed by atoms with Crippen molar-refractivity contribution in [2.24, 2.45) is 0 Å². The molecule has 4 aromatic rings. The van der Waals surface area contributed by atoms with Crippen molar-refractivity contribution in [3.05, 3.63) is 112 Å². The Balaban J connectivity index is 0.000000200. The normalized spacial score (nSPS) is 13.8. The van der Waals surface area contributed by atoms with Crippen LogP contribution in [-0.4, -0.2) is 54.4 Å². The van der Waals surface area contributed by atoms with Crippen LogP contribution in [-0.2, 0) is 18.8 Å². The lowest BCUT2D eigenvalue weighted by atomic mass is 9.79. The Hall–Kier alpha value is -5.02. The summed E-state index contributed by atoms with van der Waals surface area (Å²) >= 11 is 3.01. The quantitative estimate of drug-likeness (QED) is 0.136. The fourth-order valence-electron chi connectivity index (χ4n) is 3.95. The number of rotatable bonds is 4. The van der Waals surface area contributed by atoms with E-state index in [1.54, 1.807) is 36.4 Å². The lowest BCUT2D eigenvalue weighted by Crippen LogP contribution is -2.41. The maximum absolute atomic E-state index is 13.4. The van der Waals surface area contributed by atoms with E-state index in [1.165, 1.54) is 26.4 Å². The number of halogens is 3. The Kier molecular flexibility index (Phi) is 12.6. The molecule has 3 heterocycles. The van der Waals surface area contributed by atoms with Gasteiger partial charge in [-0.1, -0.05) is 24.3 Å². The van der Waals surface area contributed by atoms with Gasteiger partial charge in [0.15, 0.2) is 11.6 Å². The van der Waals surface area contributed by atoms with Crippen LogP contribution >= 0.6 is 15.9 Å². The molecule has 0 aliphatic carbocycles. The van der Waals surface area contributed by atoms with Gasteiger partial charge in [0, 0.05) is 5.56 Å². The van der Waals surface area contributed by atoms with E-state index in [2.05, 4.69) is 41.4 Å². The highest BCUT2D eigenvalue weighted by atomic mass is 79.9. The summed E-state index contributed by atoms with van der Waals surface area (Å²) in [5.41, 5.74) is 2.27. The Labute approximate surface area is 285 Å². The minimum Gasteiger partial charge on any atom is -0.465 e. The fraction of sp³-hybridized carbons (Fsp3) is 0.235. The van der Waals surface area contributed by atoms with Gasteiger partial charge in [-0.15, -0.1) is 0 Å². The van der Waals surface area contributed by atoms with E-state index < -0.39 is 23.6 Å². The highest BCUT2D eigenvalue weighted by Crippen LogP contribution is 2.36. The van der Waals surface area contributed by atoms with Crippen LogP contribution in [0.5, 0.6) is 0 Å². The monoisotopic (exact) mass is 718 g/mol. The standard InChI is InChI=1S/C14H9FN2O2.C13H16BNO2.C7H5BrFNO2/c1-19-14(18)11-6-13(17-8-12(11)15)10-4-2-9(7-16)3-5-10;1-12(2)13(3,4)17-14(16-12)11-7-5-10(9-15)6-8-11;1-12-7(11)4-2-6(8)10-3-5(4)9/h2-6,8H,1H3;5-8H,1-4H3;2-3H,1H3. The number of nitriles is 2. The summed E-state index contributed by atoms with van der Waals surface area (Å²) in [6.07, 6.45) is 1.93. The summed E-state index contributed by atoms with van der Waals surface area (Å²) in [5, 5.41) is 17.5. The number of benzene rings is 2. The summed E-state index contributed by atoms with van der Waals surface area (Å²) in [6, 6.07) is 20.6. The van der Waals surface area contributed by atoms with Gasteiger partial charge in [0.25, 0.3) is 0 Å². The van der Waals surface area contributed by atoms with Gasteiger partial charge >= 0.3 is 19.1 Å². The van der Waals surface area contributed by atoms with Crippen molar-refractivity contribution in [3.8, 4) is 23.4 Å². The van der Waals surface area contributed by atoms with E-state index in [1.807, 2.05) is 45.9 Å². The van der Waals surface area contributed by atoms with Crippen LogP contribution in [0.15, 0.2) is 77.7 Å². The SMILES string of the molecule is CC1(C)OB(c2ccc(C#N)cc2)OC1(C)C.COC(=O)c1cc(-c2ccc(C#N)cc2)ncc1F.COC(=O)c1cc(Br)ncc1F. The molecule has 0 N–H and O–H groups in total. The topological polar surface area (TPSA) is 144 Å². The first kappa shape index (κ1) is 37.4. The van der Waals surface area contributed by atoms with Crippen molar-refractivity contribution < 1.29 is 37.2 Å². The molecule has 14 heteroatoms. The number of esters is 2. The number of methoxy groups -OCH3 is 2. The maximum Gasteiger partial charge on any atom is 0.494 e. The van der Waals surface area contributed by atoms with Gasteiger partial charge in [-0.2, -0.15) is 10.5 Å². The molecular formula is C34H30BBrF2N4O6. The number of carbonyl (C=O) groups excluding carboxylic acids is 2. The van der Waals surface area contributed by atoms with Crippen molar-refractivity contribution in [1.29, 1.82) is 10.5 Å². The smallest absolute Gasteiger partial charge is 0.465 e. The number of hydrogen-bond donors (Lipinski definition) is 0.